The van der Waals surface area contributed by atoms with E-state index in [0.29, 0.717) is 17.9 Å². The number of nitrogens with one attached hydrogen (secondary N) is 1. The number of ether oxygens (including phenoxy) is 1. The van der Waals surface area contributed by atoms with E-state index in [9.17, 15) is 14.9 Å². The summed E-state index contributed by atoms with van der Waals surface area (Å²) in [5.74, 6) is -0.887. The van der Waals surface area contributed by atoms with Crippen LogP contribution in [-0.4, -0.2) is 39.2 Å². The van der Waals surface area contributed by atoms with Crippen LogP contribution in [0.4, 0.5) is 0 Å². The number of thiophene rings is 1. The summed E-state index contributed by atoms with van der Waals surface area (Å²) in [7, 11) is 0. The third-order valence-corrected chi connectivity index (χ3v) is 6.31. The zero-order chi connectivity index (χ0) is 19.3. The maximum atomic E-state index is 12.4. The van der Waals surface area contributed by atoms with Gasteiger partial charge in [-0.3, -0.25) is 9.59 Å². The Kier molecular flexibility index (Phi) is 6.29. The van der Waals surface area contributed by atoms with E-state index < -0.39 is 23.5 Å². The number of carbonyl (C=O) groups excluding carboxylic acids is 2. The van der Waals surface area contributed by atoms with Crippen LogP contribution in [0.3, 0.4) is 0 Å². The van der Waals surface area contributed by atoms with Gasteiger partial charge in [0.2, 0.25) is 0 Å². The molecule has 27 heavy (non-hydrogen) atoms. The van der Waals surface area contributed by atoms with E-state index in [1.165, 1.54) is 36.3 Å². The molecule has 9 heteroatoms. The number of esters is 1. The van der Waals surface area contributed by atoms with Crippen molar-refractivity contribution in [3.8, 4) is 6.07 Å². The number of carbonyl (C=O) groups is 2. The Morgan fingerprint density at radius 3 is 2.93 bits per heavy atom. The molecule has 2 aromatic heterocycles. The number of amides is 1. The molecular weight excluding hydrogens is 384 g/mol. The Morgan fingerprint density at radius 2 is 2.19 bits per heavy atom. The summed E-state index contributed by atoms with van der Waals surface area (Å²) in [6.07, 6.45) is 4.68. The van der Waals surface area contributed by atoms with Crippen LogP contribution in [0.5, 0.6) is 0 Å². The molecule has 1 aliphatic carbocycles. The fraction of sp³-hybridized carbons (Fsp3) is 0.500. The summed E-state index contributed by atoms with van der Waals surface area (Å²) in [5.41, 5.74) is -0.837. The van der Waals surface area contributed by atoms with Crippen LogP contribution < -0.4 is 5.32 Å². The molecule has 1 atom stereocenters. The molecule has 1 saturated carbocycles. The first-order valence-electron chi connectivity index (χ1n) is 8.77. The summed E-state index contributed by atoms with van der Waals surface area (Å²) >= 11 is 2.76. The molecule has 2 aromatic rings. The van der Waals surface area contributed by atoms with Gasteiger partial charge in [0, 0.05) is 5.39 Å². The monoisotopic (exact) mass is 404 g/mol. The fourth-order valence-electron chi connectivity index (χ4n) is 3.05. The minimum absolute atomic E-state index is 0.0446. The predicted octanol–water partition coefficient (Wildman–Crippen LogP) is 3.06. The highest BCUT2D eigenvalue weighted by atomic mass is 32.2. The fourth-order valence-corrected chi connectivity index (χ4v) is 4.61. The molecule has 1 N–H and O–H groups in total. The van der Waals surface area contributed by atoms with Crippen LogP contribution in [0.25, 0.3) is 10.2 Å². The Hall–Kier alpha value is -2.18. The van der Waals surface area contributed by atoms with E-state index in [1.54, 1.807) is 0 Å². The molecule has 2 heterocycles. The maximum absolute atomic E-state index is 12.4. The first-order chi connectivity index (χ1) is 13.0. The largest absolute Gasteiger partial charge is 0.452 e. The number of thioether (sulfide) groups is 1. The number of rotatable bonds is 6. The van der Waals surface area contributed by atoms with Gasteiger partial charge in [0.15, 0.2) is 6.10 Å². The zero-order valence-electron chi connectivity index (χ0n) is 14.9. The highest BCUT2D eigenvalue weighted by Crippen LogP contribution is 2.29. The third kappa shape index (κ3) is 4.76. The lowest BCUT2D eigenvalue weighted by molar-refractivity contribution is -0.152. The van der Waals surface area contributed by atoms with Crippen molar-refractivity contribution < 1.29 is 14.3 Å². The van der Waals surface area contributed by atoms with Crippen LogP contribution in [0.1, 0.15) is 39.0 Å². The normalized spacial score (nSPS) is 17.0. The van der Waals surface area contributed by atoms with Crippen molar-refractivity contribution in [2.24, 2.45) is 0 Å². The van der Waals surface area contributed by atoms with Gasteiger partial charge in [0.05, 0.1) is 11.8 Å². The second kappa shape index (κ2) is 8.67. The third-order valence-electron chi connectivity index (χ3n) is 4.51. The smallest absolute Gasteiger partial charge is 0.317 e. The molecule has 0 radical (unpaired) electrons. The van der Waals surface area contributed by atoms with Gasteiger partial charge in [-0.15, -0.1) is 11.3 Å². The second-order valence-corrected chi connectivity index (χ2v) is 8.34. The van der Waals surface area contributed by atoms with Gasteiger partial charge < -0.3 is 10.1 Å². The Balaban J connectivity index is 1.52. The first kappa shape index (κ1) is 19.6. The van der Waals surface area contributed by atoms with Gasteiger partial charge in [-0.25, -0.2) is 9.97 Å². The van der Waals surface area contributed by atoms with Gasteiger partial charge in [-0.05, 0) is 31.2 Å². The molecule has 0 aromatic carbocycles. The SMILES string of the molecule is C[C@@H](OC(=O)CSc1ncnc2sccc12)C(=O)NC1(C#N)CCCCC1. The predicted molar refractivity (Wildman–Crippen MR) is 103 cm³/mol. The van der Waals surface area contributed by atoms with E-state index in [0.717, 1.165) is 29.5 Å². The van der Waals surface area contributed by atoms with Crippen LogP contribution >= 0.6 is 23.1 Å². The Bertz CT molecular complexity index is 871. The van der Waals surface area contributed by atoms with Crippen molar-refractivity contribution in [2.75, 3.05) is 5.75 Å². The van der Waals surface area contributed by atoms with Crippen molar-refractivity contribution in [3.05, 3.63) is 17.8 Å². The number of aromatic nitrogens is 2. The van der Waals surface area contributed by atoms with Gasteiger partial charge in [-0.1, -0.05) is 31.0 Å². The lowest BCUT2D eigenvalue weighted by Crippen LogP contribution is -2.52. The van der Waals surface area contributed by atoms with E-state index in [-0.39, 0.29) is 5.75 Å². The number of nitriles is 1. The standard InChI is InChI=1S/C18H20N4O3S2/c1-12(15(24)22-18(10-19)6-3-2-4-7-18)25-14(23)9-27-17-13-5-8-26-16(13)20-11-21-17/h5,8,11-12H,2-4,6-7,9H2,1H3,(H,22,24)/t12-/m1/s1. The van der Waals surface area contributed by atoms with Gasteiger partial charge in [0.25, 0.3) is 5.91 Å². The molecule has 0 unspecified atom stereocenters. The molecule has 1 aliphatic rings. The van der Waals surface area contributed by atoms with Crippen molar-refractivity contribution in [2.45, 2.75) is 55.7 Å². The van der Waals surface area contributed by atoms with E-state index in [2.05, 4.69) is 21.4 Å². The van der Waals surface area contributed by atoms with Crippen molar-refractivity contribution in [3.63, 3.8) is 0 Å². The van der Waals surface area contributed by atoms with Crippen molar-refractivity contribution >= 4 is 45.2 Å². The van der Waals surface area contributed by atoms with E-state index >= 15 is 0 Å². The molecule has 0 bridgehead atoms. The topological polar surface area (TPSA) is 105 Å². The van der Waals surface area contributed by atoms with Crippen LogP contribution in [-0.2, 0) is 14.3 Å². The Morgan fingerprint density at radius 1 is 1.41 bits per heavy atom. The molecule has 3 rings (SSSR count). The summed E-state index contributed by atoms with van der Waals surface area (Å²) in [4.78, 5) is 33.7. The maximum Gasteiger partial charge on any atom is 0.317 e. The lowest BCUT2D eigenvalue weighted by atomic mass is 9.83. The summed E-state index contributed by atoms with van der Waals surface area (Å²) in [6, 6.07) is 4.14. The molecule has 7 nitrogen and oxygen atoms in total. The zero-order valence-corrected chi connectivity index (χ0v) is 16.6. The summed E-state index contributed by atoms with van der Waals surface area (Å²) in [6.45, 7) is 1.52. The van der Waals surface area contributed by atoms with Gasteiger partial charge >= 0.3 is 5.97 Å². The lowest BCUT2D eigenvalue weighted by Gasteiger charge is -2.32. The van der Waals surface area contributed by atoms with Crippen molar-refractivity contribution in [1.82, 2.24) is 15.3 Å². The van der Waals surface area contributed by atoms with Crippen LogP contribution in [0, 0.1) is 11.3 Å². The average Bonchev–Trinajstić information content (AvgIpc) is 3.16. The minimum atomic E-state index is -0.947. The van der Waals surface area contributed by atoms with Gasteiger partial charge in [-0.2, -0.15) is 5.26 Å². The number of fused-ring (bicyclic) bond motifs is 1. The van der Waals surface area contributed by atoms with E-state index in [1.807, 2.05) is 11.4 Å². The molecule has 0 aliphatic heterocycles. The molecule has 0 spiro atoms. The molecule has 0 saturated heterocycles. The average molecular weight is 405 g/mol. The highest BCUT2D eigenvalue weighted by Gasteiger charge is 2.35. The van der Waals surface area contributed by atoms with Gasteiger partial charge in [0.1, 0.15) is 21.7 Å². The second-order valence-electron chi connectivity index (χ2n) is 6.48. The minimum Gasteiger partial charge on any atom is -0.452 e. The quantitative estimate of drug-likeness (QED) is 0.448. The molecular formula is C18H20N4O3S2. The van der Waals surface area contributed by atoms with Crippen molar-refractivity contribution in [1.29, 1.82) is 5.26 Å². The molecule has 142 valence electrons. The number of hydrogen-bond donors (Lipinski definition) is 1. The molecule has 1 amide bonds. The van der Waals surface area contributed by atoms with Crippen LogP contribution in [0.15, 0.2) is 22.8 Å². The number of hydrogen-bond acceptors (Lipinski definition) is 8. The summed E-state index contributed by atoms with van der Waals surface area (Å²) in [5, 5.41) is 15.8. The first-order valence-corrected chi connectivity index (χ1v) is 10.6. The summed E-state index contributed by atoms with van der Waals surface area (Å²) < 4.78 is 5.24. The van der Waals surface area contributed by atoms with E-state index in [4.69, 9.17) is 4.74 Å². The molecule has 1 fully saturated rings. The van der Waals surface area contributed by atoms with Crippen LogP contribution in [0.2, 0.25) is 0 Å². The Labute approximate surface area is 165 Å². The highest BCUT2D eigenvalue weighted by molar-refractivity contribution is 8.00. The number of nitrogens with zero attached hydrogens (tertiary/aromatic N) is 3.